The van der Waals surface area contributed by atoms with E-state index in [1.54, 1.807) is 11.3 Å². The van der Waals surface area contributed by atoms with Crippen LogP contribution in [0.15, 0.2) is 24.3 Å². The van der Waals surface area contributed by atoms with Gasteiger partial charge in [0.15, 0.2) is 0 Å². The molecule has 0 aliphatic heterocycles. The first-order valence-electron chi connectivity index (χ1n) is 6.85. The van der Waals surface area contributed by atoms with Gasteiger partial charge < -0.3 is 5.73 Å². The van der Waals surface area contributed by atoms with E-state index in [0.29, 0.717) is 5.92 Å². The van der Waals surface area contributed by atoms with E-state index in [1.165, 1.54) is 16.0 Å². The van der Waals surface area contributed by atoms with Gasteiger partial charge in [-0.3, -0.25) is 0 Å². The van der Waals surface area contributed by atoms with Gasteiger partial charge in [0.1, 0.15) is 5.01 Å². The van der Waals surface area contributed by atoms with Crippen LogP contribution in [0.5, 0.6) is 0 Å². The molecule has 0 saturated heterocycles. The lowest BCUT2D eigenvalue weighted by atomic mass is 9.73. The number of thiazole rings is 1. The molecular formula is C16H20N2S. The van der Waals surface area contributed by atoms with Crippen LogP contribution in [-0.4, -0.2) is 4.98 Å². The second kappa shape index (κ2) is 4.43. The Morgan fingerprint density at radius 3 is 2.74 bits per heavy atom. The SMILES string of the molecule is Cc1nc(C2(N)CCC(C)c3ccccc32)sc1C. The molecule has 2 unspecified atom stereocenters. The lowest BCUT2D eigenvalue weighted by Crippen LogP contribution is -2.41. The van der Waals surface area contributed by atoms with Crippen LogP contribution in [0.1, 0.15) is 52.4 Å². The lowest BCUT2D eigenvalue weighted by molar-refractivity contribution is 0.410. The second-order valence-corrected chi connectivity index (χ2v) is 6.86. The van der Waals surface area contributed by atoms with E-state index < -0.39 is 5.54 Å². The number of hydrogen-bond donors (Lipinski definition) is 1. The van der Waals surface area contributed by atoms with Gasteiger partial charge in [-0.1, -0.05) is 31.2 Å². The molecule has 0 bridgehead atoms. The second-order valence-electron chi connectivity index (χ2n) is 5.66. The summed E-state index contributed by atoms with van der Waals surface area (Å²) >= 11 is 1.75. The van der Waals surface area contributed by atoms with Gasteiger partial charge in [0.25, 0.3) is 0 Å². The first-order chi connectivity index (χ1) is 9.02. The Kier molecular flexibility index (Phi) is 2.99. The van der Waals surface area contributed by atoms with E-state index in [-0.39, 0.29) is 0 Å². The Morgan fingerprint density at radius 1 is 1.32 bits per heavy atom. The summed E-state index contributed by atoms with van der Waals surface area (Å²) in [7, 11) is 0. The van der Waals surface area contributed by atoms with Crippen molar-refractivity contribution in [3.8, 4) is 0 Å². The molecule has 2 N–H and O–H groups in total. The van der Waals surface area contributed by atoms with E-state index in [1.807, 2.05) is 0 Å². The van der Waals surface area contributed by atoms with E-state index >= 15 is 0 Å². The zero-order valence-corrected chi connectivity index (χ0v) is 12.6. The molecule has 2 atom stereocenters. The summed E-state index contributed by atoms with van der Waals surface area (Å²) in [5.74, 6) is 0.593. The molecule has 0 fully saturated rings. The van der Waals surface area contributed by atoms with E-state index in [4.69, 9.17) is 10.7 Å². The van der Waals surface area contributed by atoms with Crippen molar-refractivity contribution in [3.63, 3.8) is 0 Å². The standard InChI is InChI=1S/C16H20N2S/c1-10-8-9-16(17,14-7-5-4-6-13(10)14)15-18-11(2)12(3)19-15/h4-7,10H,8-9,17H2,1-3H3. The number of aromatic nitrogens is 1. The smallest absolute Gasteiger partial charge is 0.118 e. The monoisotopic (exact) mass is 272 g/mol. The first-order valence-corrected chi connectivity index (χ1v) is 7.67. The van der Waals surface area contributed by atoms with Gasteiger partial charge in [0, 0.05) is 4.88 Å². The van der Waals surface area contributed by atoms with Crippen molar-refractivity contribution in [1.29, 1.82) is 0 Å². The summed E-state index contributed by atoms with van der Waals surface area (Å²) in [6.45, 7) is 6.48. The van der Waals surface area contributed by atoms with E-state index in [9.17, 15) is 0 Å². The minimum absolute atomic E-state index is 0.396. The van der Waals surface area contributed by atoms with Gasteiger partial charge in [-0.15, -0.1) is 11.3 Å². The fourth-order valence-corrected chi connectivity index (χ4v) is 4.01. The summed E-state index contributed by atoms with van der Waals surface area (Å²) in [4.78, 5) is 6.00. The van der Waals surface area contributed by atoms with Crippen molar-refractivity contribution in [2.75, 3.05) is 0 Å². The summed E-state index contributed by atoms with van der Waals surface area (Å²) in [5, 5.41) is 1.07. The van der Waals surface area contributed by atoms with Crippen LogP contribution in [0.25, 0.3) is 0 Å². The highest BCUT2D eigenvalue weighted by molar-refractivity contribution is 7.11. The Hall–Kier alpha value is -1.19. The Bertz CT molecular complexity index is 597. The molecule has 2 nitrogen and oxygen atoms in total. The van der Waals surface area contributed by atoms with Crippen LogP contribution < -0.4 is 5.73 Å². The number of nitrogens with zero attached hydrogens (tertiary/aromatic N) is 1. The zero-order valence-electron chi connectivity index (χ0n) is 11.7. The first kappa shape index (κ1) is 12.8. The van der Waals surface area contributed by atoms with Crippen molar-refractivity contribution in [3.05, 3.63) is 51.0 Å². The maximum atomic E-state index is 6.78. The number of benzene rings is 1. The van der Waals surface area contributed by atoms with Crippen LogP contribution in [0, 0.1) is 13.8 Å². The van der Waals surface area contributed by atoms with Crippen LogP contribution in [-0.2, 0) is 5.54 Å². The maximum Gasteiger partial charge on any atom is 0.118 e. The predicted octanol–water partition coefficient (Wildman–Crippen LogP) is 3.86. The molecule has 1 heterocycles. The summed E-state index contributed by atoms with van der Waals surface area (Å²) in [6.07, 6.45) is 2.11. The average molecular weight is 272 g/mol. The van der Waals surface area contributed by atoms with Crippen LogP contribution in [0.3, 0.4) is 0 Å². The van der Waals surface area contributed by atoms with Gasteiger partial charge in [0.2, 0.25) is 0 Å². The Morgan fingerprint density at radius 2 is 2.05 bits per heavy atom. The van der Waals surface area contributed by atoms with Crippen molar-refractivity contribution in [2.24, 2.45) is 5.73 Å². The number of nitrogens with two attached hydrogens (primary N) is 1. The van der Waals surface area contributed by atoms with Crippen LogP contribution >= 0.6 is 11.3 Å². The van der Waals surface area contributed by atoms with E-state index in [2.05, 4.69) is 45.0 Å². The number of aryl methyl sites for hydroxylation is 2. The highest BCUT2D eigenvalue weighted by Crippen LogP contribution is 2.44. The highest BCUT2D eigenvalue weighted by Gasteiger charge is 2.39. The Balaban J connectivity index is 2.17. The quantitative estimate of drug-likeness (QED) is 0.856. The molecule has 0 amide bonds. The summed E-state index contributed by atoms with van der Waals surface area (Å²) in [5.41, 5.74) is 10.2. The molecule has 0 radical (unpaired) electrons. The van der Waals surface area contributed by atoms with Gasteiger partial charge in [-0.25, -0.2) is 4.98 Å². The topological polar surface area (TPSA) is 38.9 Å². The fourth-order valence-electron chi connectivity index (χ4n) is 2.95. The van der Waals surface area contributed by atoms with Gasteiger partial charge >= 0.3 is 0 Å². The van der Waals surface area contributed by atoms with Gasteiger partial charge in [-0.05, 0) is 43.7 Å². The molecule has 0 saturated carbocycles. The molecule has 3 heteroatoms. The Labute approximate surface area is 118 Å². The minimum atomic E-state index is -0.396. The fraction of sp³-hybridized carbons (Fsp3) is 0.438. The molecule has 1 aromatic heterocycles. The zero-order chi connectivity index (χ0) is 13.6. The lowest BCUT2D eigenvalue weighted by Gasteiger charge is -2.37. The third-order valence-electron chi connectivity index (χ3n) is 4.35. The summed E-state index contributed by atoms with van der Waals surface area (Å²) in [6, 6.07) is 8.59. The number of rotatable bonds is 1. The number of hydrogen-bond acceptors (Lipinski definition) is 3. The number of fused-ring (bicyclic) bond motifs is 1. The molecule has 3 rings (SSSR count). The van der Waals surface area contributed by atoms with E-state index in [0.717, 1.165) is 23.5 Å². The third kappa shape index (κ3) is 1.92. The summed E-state index contributed by atoms with van der Waals surface area (Å²) < 4.78 is 0. The van der Waals surface area contributed by atoms with Crippen LogP contribution in [0.4, 0.5) is 0 Å². The largest absolute Gasteiger partial charge is 0.316 e. The van der Waals surface area contributed by atoms with Crippen molar-refractivity contribution >= 4 is 11.3 Å². The molecule has 0 spiro atoms. The molecular weight excluding hydrogens is 252 g/mol. The molecule has 1 aliphatic carbocycles. The van der Waals surface area contributed by atoms with Crippen LogP contribution in [0.2, 0.25) is 0 Å². The van der Waals surface area contributed by atoms with Crippen molar-refractivity contribution in [1.82, 2.24) is 4.98 Å². The molecule has 2 aromatic rings. The molecule has 1 aromatic carbocycles. The maximum absolute atomic E-state index is 6.78. The minimum Gasteiger partial charge on any atom is -0.316 e. The predicted molar refractivity (Wildman–Crippen MR) is 80.6 cm³/mol. The molecule has 100 valence electrons. The van der Waals surface area contributed by atoms with Crippen molar-refractivity contribution < 1.29 is 0 Å². The normalized spacial score (nSPS) is 26.2. The highest BCUT2D eigenvalue weighted by atomic mass is 32.1. The molecule has 1 aliphatic rings. The van der Waals surface area contributed by atoms with Crippen molar-refractivity contribution in [2.45, 2.75) is 45.1 Å². The average Bonchev–Trinajstić information content (AvgIpc) is 2.75. The van der Waals surface area contributed by atoms with Gasteiger partial charge in [-0.2, -0.15) is 0 Å². The van der Waals surface area contributed by atoms with Gasteiger partial charge in [0.05, 0.1) is 11.2 Å². The third-order valence-corrected chi connectivity index (χ3v) is 5.60. The molecule has 19 heavy (non-hydrogen) atoms.